The maximum atomic E-state index is 11.6. The van der Waals surface area contributed by atoms with Crippen molar-refractivity contribution in [1.29, 1.82) is 0 Å². The minimum atomic E-state index is -4.02. The predicted octanol–water partition coefficient (Wildman–Crippen LogP) is -0.191. The monoisotopic (exact) mass is 322 g/mol. The number of carbonyl (C=O) groups excluding carboxylic acids is 1. The molecule has 0 spiro atoms. The van der Waals surface area contributed by atoms with Gasteiger partial charge in [-0.2, -0.15) is 0 Å². The van der Waals surface area contributed by atoms with Gasteiger partial charge in [-0.25, -0.2) is 10.4 Å². The Morgan fingerprint density at radius 3 is 2.76 bits per heavy atom. The van der Waals surface area contributed by atoms with Crippen LogP contribution in [0.3, 0.4) is 0 Å². The predicted molar refractivity (Wildman–Crippen MR) is 79.0 cm³/mol. The van der Waals surface area contributed by atoms with E-state index < -0.39 is 7.82 Å². The number of phosphoric acid groups is 1. The lowest BCUT2D eigenvalue weighted by Gasteiger charge is -2.15. The van der Waals surface area contributed by atoms with E-state index in [1.54, 1.807) is 0 Å². The van der Waals surface area contributed by atoms with Gasteiger partial charge in [0.25, 0.3) is 0 Å². The summed E-state index contributed by atoms with van der Waals surface area (Å²) in [5.74, 6) is 4.72. The summed E-state index contributed by atoms with van der Waals surface area (Å²) in [7, 11) is -2.06. The van der Waals surface area contributed by atoms with Crippen molar-refractivity contribution in [3.63, 3.8) is 0 Å². The standard InChI is InChI=1S/C11H24BN2O6P/c12-10-6-5-9(20-10)8-19-21(16,17)18-7-3-1-2-4-11(15)14-13/h9-10H,1-8,12-13H2,(H,14,15)(H,16,17)/t9-,10+/m0/s1. The third kappa shape index (κ3) is 8.55. The van der Waals surface area contributed by atoms with Crippen molar-refractivity contribution in [3.8, 4) is 0 Å². The van der Waals surface area contributed by atoms with Crippen molar-refractivity contribution in [2.45, 2.75) is 50.6 Å². The Labute approximate surface area is 125 Å². The molecule has 1 saturated heterocycles. The second kappa shape index (κ2) is 9.56. The van der Waals surface area contributed by atoms with E-state index in [0.29, 0.717) is 25.7 Å². The molecule has 0 radical (unpaired) electrons. The molecule has 10 heteroatoms. The molecule has 1 aliphatic rings. The van der Waals surface area contributed by atoms with Gasteiger partial charge in [0.15, 0.2) is 0 Å². The molecule has 1 heterocycles. The summed E-state index contributed by atoms with van der Waals surface area (Å²) in [6, 6.07) is 0.170. The first-order valence-corrected chi connectivity index (χ1v) is 8.69. The molecule has 1 unspecified atom stereocenters. The van der Waals surface area contributed by atoms with Crippen molar-refractivity contribution in [2.75, 3.05) is 13.2 Å². The van der Waals surface area contributed by atoms with Crippen LogP contribution in [0.25, 0.3) is 0 Å². The Morgan fingerprint density at radius 2 is 2.14 bits per heavy atom. The highest BCUT2D eigenvalue weighted by Crippen LogP contribution is 2.44. The van der Waals surface area contributed by atoms with E-state index in [9.17, 15) is 14.3 Å². The number of amides is 1. The lowest BCUT2D eigenvalue weighted by Crippen LogP contribution is -2.29. The summed E-state index contributed by atoms with van der Waals surface area (Å²) < 4.78 is 26.9. The summed E-state index contributed by atoms with van der Waals surface area (Å²) in [5.41, 5.74) is 2.04. The Balaban J connectivity index is 2.04. The lowest BCUT2D eigenvalue weighted by molar-refractivity contribution is -0.121. The number of nitrogens with two attached hydrogens (primary N) is 1. The topological polar surface area (TPSA) is 120 Å². The number of unbranched alkanes of at least 4 members (excludes halogenated alkanes) is 2. The molecular weight excluding hydrogens is 298 g/mol. The van der Waals surface area contributed by atoms with E-state index in [4.69, 9.17) is 19.6 Å². The van der Waals surface area contributed by atoms with Crippen LogP contribution in [0.15, 0.2) is 0 Å². The Morgan fingerprint density at radius 1 is 1.38 bits per heavy atom. The second-order valence-electron chi connectivity index (χ2n) is 5.12. The lowest BCUT2D eigenvalue weighted by atomic mass is 9.97. The maximum absolute atomic E-state index is 11.6. The van der Waals surface area contributed by atoms with Crippen molar-refractivity contribution >= 4 is 21.6 Å². The van der Waals surface area contributed by atoms with E-state index in [1.165, 1.54) is 0 Å². The minimum Gasteiger partial charge on any atom is -0.382 e. The van der Waals surface area contributed by atoms with Crippen LogP contribution in [0.4, 0.5) is 0 Å². The normalized spacial score (nSPS) is 24.7. The van der Waals surface area contributed by atoms with Crippen molar-refractivity contribution in [2.24, 2.45) is 5.84 Å². The van der Waals surface area contributed by atoms with Crippen LogP contribution in [0, 0.1) is 0 Å². The number of phosphoric ester groups is 1. The van der Waals surface area contributed by atoms with Crippen LogP contribution in [0.5, 0.6) is 0 Å². The zero-order valence-corrected chi connectivity index (χ0v) is 13.2. The van der Waals surface area contributed by atoms with Gasteiger partial charge in [0.2, 0.25) is 5.91 Å². The first-order chi connectivity index (χ1) is 9.93. The number of hydrazine groups is 1. The number of carbonyl (C=O) groups is 1. The number of hydrogen-bond donors (Lipinski definition) is 3. The number of rotatable bonds is 10. The van der Waals surface area contributed by atoms with Crippen molar-refractivity contribution in [3.05, 3.63) is 0 Å². The molecule has 0 saturated carbocycles. The van der Waals surface area contributed by atoms with Gasteiger partial charge in [-0.3, -0.25) is 19.3 Å². The zero-order valence-electron chi connectivity index (χ0n) is 12.3. The molecule has 0 aromatic carbocycles. The Kier molecular flexibility index (Phi) is 8.47. The summed E-state index contributed by atoms with van der Waals surface area (Å²) in [6.45, 7) is 0.175. The Hall–Kier alpha value is -0.435. The number of hydrogen-bond acceptors (Lipinski definition) is 6. The molecule has 1 aliphatic heterocycles. The first-order valence-electron chi connectivity index (χ1n) is 7.19. The van der Waals surface area contributed by atoms with Crippen LogP contribution in [-0.4, -0.2) is 44.0 Å². The molecule has 1 amide bonds. The van der Waals surface area contributed by atoms with E-state index in [0.717, 1.165) is 12.8 Å². The third-order valence-electron chi connectivity index (χ3n) is 3.21. The van der Waals surface area contributed by atoms with Crippen LogP contribution in [0.1, 0.15) is 38.5 Å². The van der Waals surface area contributed by atoms with Gasteiger partial charge < -0.3 is 9.63 Å². The largest absolute Gasteiger partial charge is 0.472 e. The fraction of sp³-hybridized carbons (Fsp3) is 0.909. The third-order valence-corrected chi connectivity index (χ3v) is 4.19. The fourth-order valence-corrected chi connectivity index (χ4v) is 2.83. The highest BCUT2D eigenvalue weighted by molar-refractivity contribution is 7.47. The molecule has 0 aliphatic carbocycles. The summed E-state index contributed by atoms with van der Waals surface area (Å²) >= 11 is 0. The van der Waals surface area contributed by atoms with E-state index >= 15 is 0 Å². The maximum Gasteiger partial charge on any atom is 0.472 e. The SMILES string of the molecule is B[C@H]1CC[C@@H](COP(=O)(O)OCCCCCC(=O)NN)O1. The van der Waals surface area contributed by atoms with Gasteiger partial charge in [-0.05, 0) is 25.7 Å². The molecule has 21 heavy (non-hydrogen) atoms. The average molecular weight is 322 g/mol. The van der Waals surface area contributed by atoms with Gasteiger partial charge in [0, 0.05) is 12.4 Å². The van der Waals surface area contributed by atoms with Crippen molar-refractivity contribution in [1.82, 2.24) is 5.43 Å². The molecule has 0 aromatic heterocycles. The highest BCUT2D eigenvalue weighted by atomic mass is 31.2. The number of ether oxygens (including phenoxy) is 1. The van der Waals surface area contributed by atoms with Gasteiger partial charge in [-0.1, -0.05) is 6.42 Å². The van der Waals surface area contributed by atoms with Gasteiger partial charge in [-0.15, -0.1) is 0 Å². The quantitative estimate of drug-likeness (QED) is 0.127. The molecule has 4 N–H and O–H groups in total. The minimum absolute atomic E-state index is 0.0643. The highest BCUT2D eigenvalue weighted by Gasteiger charge is 2.27. The molecule has 122 valence electrons. The number of nitrogens with one attached hydrogen (secondary N) is 1. The summed E-state index contributed by atoms with van der Waals surface area (Å²) in [4.78, 5) is 20.4. The molecule has 1 rings (SSSR count). The van der Waals surface area contributed by atoms with Gasteiger partial charge >= 0.3 is 7.82 Å². The van der Waals surface area contributed by atoms with Crippen LogP contribution < -0.4 is 11.3 Å². The van der Waals surface area contributed by atoms with E-state index in [2.05, 4.69) is 0 Å². The van der Waals surface area contributed by atoms with Crippen LogP contribution in [-0.2, 0) is 23.1 Å². The van der Waals surface area contributed by atoms with E-state index in [1.807, 2.05) is 13.3 Å². The molecular formula is C11H24BN2O6P. The smallest absolute Gasteiger partial charge is 0.382 e. The van der Waals surface area contributed by atoms with Crippen LogP contribution in [0.2, 0.25) is 0 Å². The van der Waals surface area contributed by atoms with E-state index in [-0.39, 0.29) is 31.2 Å². The molecule has 8 nitrogen and oxygen atoms in total. The van der Waals surface area contributed by atoms with Gasteiger partial charge in [0.1, 0.15) is 7.85 Å². The fourth-order valence-electron chi connectivity index (χ4n) is 2.04. The summed E-state index contributed by atoms with van der Waals surface area (Å²) in [6.07, 6.45) is 3.88. The zero-order chi connectivity index (χ0) is 15.7. The molecule has 3 atom stereocenters. The average Bonchev–Trinajstić information content (AvgIpc) is 2.86. The van der Waals surface area contributed by atoms with Crippen LogP contribution >= 0.6 is 7.82 Å². The Bertz CT molecular complexity index is 373. The summed E-state index contributed by atoms with van der Waals surface area (Å²) in [5, 5.41) is 0. The molecule has 1 fully saturated rings. The van der Waals surface area contributed by atoms with Crippen molar-refractivity contribution < 1.29 is 28.0 Å². The first kappa shape index (κ1) is 18.6. The molecule has 0 bridgehead atoms. The second-order valence-corrected chi connectivity index (χ2v) is 6.58. The molecule has 0 aromatic rings. The van der Waals surface area contributed by atoms with Gasteiger partial charge in [0.05, 0.1) is 19.3 Å².